The van der Waals surface area contributed by atoms with Gasteiger partial charge >= 0.3 is 5.97 Å². The highest BCUT2D eigenvalue weighted by Crippen LogP contribution is 1.98. The molecule has 0 aliphatic carbocycles. The highest BCUT2D eigenvalue weighted by atomic mass is 16.5. The molecule has 0 fully saturated rings. The highest BCUT2D eigenvalue weighted by molar-refractivity contribution is 5.92. The fraction of sp³-hybridized carbons (Fsp3) is 0.500. The van der Waals surface area contributed by atoms with Gasteiger partial charge in [-0.1, -0.05) is 6.58 Å². The van der Waals surface area contributed by atoms with Crippen LogP contribution in [0.2, 0.25) is 0 Å². The summed E-state index contributed by atoms with van der Waals surface area (Å²) in [6.07, 6.45) is 0.426. The van der Waals surface area contributed by atoms with E-state index < -0.39 is 0 Å². The summed E-state index contributed by atoms with van der Waals surface area (Å²) >= 11 is 0. The minimum Gasteiger partial charge on any atom is -0.466 e. The van der Waals surface area contributed by atoms with Gasteiger partial charge in [0.2, 0.25) is 0 Å². The minimum atomic E-state index is -0.332. The Morgan fingerprint density at radius 3 is 2.27 bits per heavy atom. The van der Waals surface area contributed by atoms with E-state index in [4.69, 9.17) is 0 Å². The average molecular weight is 156 g/mol. The van der Waals surface area contributed by atoms with Crippen LogP contribution < -0.4 is 0 Å². The topological polar surface area (TPSA) is 43.4 Å². The Labute approximate surface area is 66.0 Å². The third-order valence-corrected chi connectivity index (χ3v) is 1.21. The van der Waals surface area contributed by atoms with E-state index in [1.807, 2.05) is 0 Å². The van der Waals surface area contributed by atoms with Crippen molar-refractivity contribution in [1.29, 1.82) is 0 Å². The Morgan fingerprint density at radius 1 is 1.36 bits per heavy atom. The lowest BCUT2D eigenvalue weighted by atomic mass is 10.1. The fourth-order valence-electron chi connectivity index (χ4n) is 0.494. The van der Waals surface area contributed by atoms with E-state index in [2.05, 4.69) is 11.3 Å². The number of carbonyl (C=O) groups excluding carboxylic acids is 2. The summed E-state index contributed by atoms with van der Waals surface area (Å²) in [5, 5.41) is 0. The monoisotopic (exact) mass is 156 g/mol. The largest absolute Gasteiger partial charge is 0.466 e. The average Bonchev–Trinajstić information content (AvgIpc) is 1.86. The molecule has 0 saturated carbocycles. The van der Waals surface area contributed by atoms with Crippen molar-refractivity contribution >= 4 is 11.8 Å². The number of hydrogen-bond donors (Lipinski definition) is 0. The number of ether oxygens (including phenoxy) is 1. The number of esters is 1. The second kappa shape index (κ2) is 4.66. The molecular weight excluding hydrogens is 144 g/mol. The number of Topliss-reactive ketones (excluding diaryl/α,β-unsaturated/α-hetero) is 1. The molecule has 0 bridgehead atoms. The Kier molecular flexibility index (Phi) is 4.18. The van der Waals surface area contributed by atoms with Gasteiger partial charge in [-0.05, 0) is 12.5 Å². The fourth-order valence-corrected chi connectivity index (χ4v) is 0.494. The van der Waals surface area contributed by atoms with Crippen LogP contribution in [0.15, 0.2) is 12.2 Å². The molecule has 3 nitrogen and oxygen atoms in total. The van der Waals surface area contributed by atoms with Gasteiger partial charge in [-0.15, -0.1) is 0 Å². The molecule has 0 radical (unpaired) electrons. The van der Waals surface area contributed by atoms with Gasteiger partial charge in [0, 0.05) is 13.3 Å². The lowest BCUT2D eigenvalue weighted by Crippen LogP contribution is -2.04. The predicted molar refractivity (Wildman–Crippen MR) is 41.1 cm³/mol. The van der Waals surface area contributed by atoms with E-state index in [9.17, 15) is 9.59 Å². The normalized spacial score (nSPS) is 8.91. The van der Waals surface area contributed by atoms with Gasteiger partial charge in [0.05, 0.1) is 6.61 Å². The molecule has 0 spiro atoms. The summed E-state index contributed by atoms with van der Waals surface area (Å²) in [5.74, 6) is -0.390. The van der Waals surface area contributed by atoms with Gasteiger partial charge in [-0.2, -0.15) is 0 Å². The van der Waals surface area contributed by atoms with Gasteiger partial charge in [-0.3, -0.25) is 9.59 Å². The van der Waals surface area contributed by atoms with Crippen molar-refractivity contribution in [3.8, 4) is 0 Å². The van der Waals surface area contributed by atoms with E-state index in [1.165, 1.54) is 13.8 Å². The zero-order valence-electron chi connectivity index (χ0n) is 6.85. The van der Waals surface area contributed by atoms with Crippen molar-refractivity contribution in [2.24, 2.45) is 0 Å². The molecule has 11 heavy (non-hydrogen) atoms. The zero-order chi connectivity index (χ0) is 8.85. The van der Waals surface area contributed by atoms with Crippen molar-refractivity contribution in [2.45, 2.75) is 20.3 Å². The van der Waals surface area contributed by atoms with Crippen LogP contribution in [-0.4, -0.2) is 18.4 Å². The molecule has 3 heteroatoms. The second-order valence-electron chi connectivity index (χ2n) is 2.25. The molecule has 0 unspecified atom stereocenters. The summed E-state index contributed by atoms with van der Waals surface area (Å²) in [4.78, 5) is 20.8. The standard InChI is InChI=1S/C8H12O3/c1-6(7(2)9)4-5-11-8(3)10/h1,4-5H2,2-3H3. The molecule has 0 heterocycles. The lowest BCUT2D eigenvalue weighted by Gasteiger charge is -2.01. The molecule has 62 valence electrons. The first-order chi connectivity index (χ1) is 5.04. The Morgan fingerprint density at radius 2 is 1.91 bits per heavy atom. The molecule has 0 aromatic carbocycles. The van der Waals surface area contributed by atoms with Gasteiger partial charge in [0.25, 0.3) is 0 Å². The van der Waals surface area contributed by atoms with Crippen LogP contribution in [0, 0.1) is 0 Å². The SMILES string of the molecule is C=C(CCOC(C)=O)C(C)=O. The molecule has 0 rings (SSSR count). The van der Waals surface area contributed by atoms with Crippen LogP contribution in [-0.2, 0) is 14.3 Å². The van der Waals surface area contributed by atoms with E-state index in [-0.39, 0.29) is 18.4 Å². The van der Waals surface area contributed by atoms with Crippen molar-refractivity contribution < 1.29 is 14.3 Å². The highest BCUT2D eigenvalue weighted by Gasteiger charge is 2.00. The first-order valence-electron chi connectivity index (χ1n) is 3.36. The van der Waals surface area contributed by atoms with Crippen LogP contribution in [0.5, 0.6) is 0 Å². The third kappa shape index (κ3) is 5.33. The quantitative estimate of drug-likeness (QED) is 0.452. The molecule has 0 N–H and O–H groups in total. The maximum atomic E-state index is 10.6. The zero-order valence-corrected chi connectivity index (χ0v) is 6.85. The van der Waals surface area contributed by atoms with Crippen molar-refractivity contribution in [2.75, 3.05) is 6.61 Å². The molecule has 0 amide bonds. The van der Waals surface area contributed by atoms with Crippen LogP contribution in [0.3, 0.4) is 0 Å². The molecule has 0 aromatic heterocycles. The van der Waals surface area contributed by atoms with Crippen LogP contribution in [0.4, 0.5) is 0 Å². The van der Waals surface area contributed by atoms with Gasteiger partial charge in [-0.25, -0.2) is 0 Å². The summed E-state index contributed by atoms with van der Waals surface area (Å²) in [5.41, 5.74) is 0.492. The minimum absolute atomic E-state index is 0.0582. The number of hydrogen-bond acceptors (Lipinski definition) is 3. The maximum Gasteiger partial charge on any atom is 0.302 e. The number of rotatable bonds is 4. The first-order valence-corrected chi connectivity index (χ1v) is 3.36. The Hall–Kier alpha value is -1.12. The van der Waals surface area contributed by atoms with E-state index in [1.54, 1.807) is 0 Å². The molecule has 0 aliphatic rings. The number of carbonyl (C=O) groups is 2. The van der Waals surface area contributed by atoms with Crippen molar-refractivity contribution in [1.82, 2.24) is 0 Å². The number of ketones is 1. The third-order valence-electron chi connectivity index (χ3n) is 1.21. The van der Waals surface area contributed by atoms with E-state index >= 15 is 0 Å². The van der Waals surface area contributed by atoms with E-state index in [0.29, 0.717) is 12.0 Å². The maximum absolute atomic E-state index is 10.6. The summed E-state index contributed by atoms with van der Waals surface area (Å²) in [6, 6.07) is 0. The summed E-state index contributed by atoms with van der Waals surface area (Å²) in [7, 11) is 0. The summed E-state index contributed by atoms with van der Waals surface area (Å²) in [6.45, 7) is 6.52. The van der Waals surface area contributed by atoms with Gasteiger partial charge in [0.15, 0.2) is 5.78 Å². The molecule has 0 aromatic rings. The summed E-state index contributed by atoms with van der Waals surface area (Å²) < 4.78 is 4.61. The molecular formula is C8H12O3. The molecule has 0 aliphatic heterocycles. The van der Waals surface area contributed by atoms with Crippen LogP contribution in [0.1, 0.15) is 20.3 Å². The molecule has 0 atom stereocenters. The Bertz CT molecular complexity index is 182. The molecule has 0 saturated heterocycles. The Balaban J connectivity index is 3.47. The van der Waals surface area contributed by atoms with E-state index in [0.717, 1.165) is 0 Å². The van der Waals surface area contributed by atoms with Crippen LogP contribution >= 0.6 is 0 Å². The van der Waals surface area contributed by atoms with Crippen molar-refractivity contribution in [3.63, 3.8) is 0 Å². The smallest absolute Gasteiger partial charge is 0.302 e. The first kappa shape index (κ1) is 9.88. The predicted octanol–water partition coefficient (Wildman–Crippen LogP) is 1.08. The van der Waals surface area contributed by atoms with Crippen LogP contribution in [0.25, 0.3) is 0 Å². The van der Waals surface area contributed by atoms with Gasteiger partial charge in [0.1, 0.15) is 0 Å². The van der Waals surface area contributed by atoms with Crippen molar-refractivity contribution in [3.05, 3.63) is 12.2 Å². The second-order valence-corrected chi connectivity index (χ2v) is 2.25. The van der Waals surface area contributed by atoms with Gasteiger partial charge < -0.3 is 4.74 Å². The lowest BCUT2D eigenvalue weighted by molar-refractivity contribution is -0.141.